The van der Waals surface area contributed by atoms with Crippen LogP contribution in [0.1, 0.15) is 24.8 Å². The van der Waals surface area contributed by atoms with Gasteiger partial charge in [0.15, 0.2) is 0 Å². The number of carbonyl (C=O) groups excluding carboxylic acids is 1. The lowest BCUT2D eigenvalue weighted by molar-refractivity contribution is -0.123. The summed E-state index contributed by atoms with van der Waals surface area (Å²) in [5, 5.41) is 0. The molecule has 23 heavy (non-hydrogen) atoms. The Balaban J connectivity index is 1.76. The zero-order valence-electron chi connectivity index (χ0n) is 13.2. The second-order valence-corrected chi connectivity index (χ2v) is 7.35. The normalized spacial score (nSPS) is 21.3. The van der Waals surface area contributed by atoms with Crippen LogP contribution in [0.2, 0.25) is 0 Å². The SMILES string of the molecule is COc1ccccc1/C=C1/SC(=S)N(CN2CCCCC2)C1=O. The number of hydrogen-bond donors (Lipinski definition) is 0. The first-order chi connectivity index (χ1) is 11.2. The van der Waals surface area contributed by atoms with Gasteiger partial charge in [0.05, 0.1) is 18.7 Å². The summed E-state index contributed by atoms with van der Waals surface area (Å²) in [7, 11) is 1.63. The number of piperidine rings is 1. The molecule has 1 amide bonds. The predicted octanol–water partition coefficient (Wildman–Crippen LogP) is 3.34. The van der Waals surface area contributed by atoms with Crippen LogP contribution in [-0.2, 0) is 4.79 Å². The van der Waals surface area contributed by atoms with Gasteiger partial charge in [-0.3, -0.25) is 14.6 Å². The van der Waals surface area contributed by atoms with Crippen LogP contribution in [0.15, 0.2) is 29.2 Å². The van der Waals surface area contributed by atoms with Crippen molar-refractivity contribution in [3.63, 3.8) is 0 Å². The zero-order valence-corrected chi connectivity index (χ0v) is 14.8. The molecule has 0 radical (unpaired) electrons. The Labute approximate surface area is 146 Å². The van der Waals surface area contributed by atoms with Gasteiger partial charge in [-0.2, -0.15) is 0 Å². The quantitative estimate of drug-likeness (QED) is 0.616. The van der Waals surface area contributed by atoms with E-state index >= 15 is 0 Å². The van der Waals surface area contributed by atoms with Crippen LogP contribution < -0.4 is 4.74 Å². The fourth-order valence-electron chi connectivity index (χ4n) is 2.85. The summed E-state index contributed by atoms with van der Waals surface area (Å²) < 4.78 is 5.99. The Hall–Kier alpha value is -1.37. The summed E-state index contributed by atoms with van der Waals surface area (Å²) in [4.78, 5) is 17.4. The molecule has 1 aromatic carbocycles. The van der Waals surface area contributed by atoms with E-state index in [9.17, 15) is 4.79 Å². The second-order valence-electron chi connectivity index (χ2n) is 5.67. The number of carbonyl (C=O) groups is 1. The molecule has 3 rings (SSSR count). The van der Waals surface area contributed by atoms with Crippen LogP contribution >= 0.6 is 24.0 Å². The van der Waals surface area contributed by atoms with Crippen LogP contribution in [0.5, 0.6) is 5.75 Å². The molecule has 6 heteroatoms. The van der Waals surface area contributed by atoms with Crippen molar-refractivity contribution in [2.24, 2.45) is 0 Å². The van der Waals surface area contributed by atoms with Gasteiger partial charge in [-0.1, -0.05) is 48.6 Å². The maximum absolute atomic E-state index is 12.7. The minimum Gasteiger partial charge on any atom is -0.496 e. The number of likely N-dealkylation sites (tertiary alicyclic amines) is 1. The molecule has 2 heterocycles. The average Bonchev–Trinajstić information content (AvgIpc) is 2.84. The third kappa shape index (κ3) is 3.76. The Morgan fingerprint density at radius 1 is 1.26 bits per heavy atom. The van der Waals surface area contributed by atoms with Gasteiger partial charge in [-0.05, 0) is 38.1 Å². The van der Waals surface area contributed by atoms with Crippen molar-refractivity contribution in [2.75, 3.05) is 26.9 Å². The van der Waals surface area contributed by atoms with Crippen LogP contribution in [0.25, 0.3) is 6.08 Å². The van der Waals surface area contributed by atoms with E-state index in [2.05, 4.69) is 4.90 Å². The molecule has 2 aliphatic heterocycles. The van der Waals surface area contributed by atoms with Crippen LogP contribution in [-0.4, -0.2) is 46.9 Å². The smallest absolute Gasteiger partial charge is 0.267 e. The molecule has 122 valence electrons. The van der Waals surface area contributed by atoms with Gasteiger partial charge in [0.25, 0.3) is 5.91 Å². The van der Waals surface area contributed by atoms with Gasteiger partial charge in [0.2, 0.25) is 0 Å². The first kappa shape index (κ1) is 16.5. The molecule has 1 aromatic rings. The van der Waals surface area contributed by atoms with Crippen LogP contribution in [0.4, 0.5) is 0 Å². The first-order valence-corrected chi connectivity index (χ1v) is 9.02. The molecular formula is C17H20N2O2S2. The highest BCUT2D eigenvalue weighted by Crippen LogP contribution is 2.34. The first-order valence-electron chi connectivity index (χ1n) is 7.80. The van der Waals surface area contributed by atoms with Gasteiger partial charge < -0.3 is 4.74 Å². The molecule has 0 spiro atoms. The van der Waals surface area contributed by atoms with E-state index in [1.807, 2.05) is 30.3 Å². The highest BCUT2D eigenvalue weighted by Gasteiger charge is 2.33. The number of benzene rings is 1. The van der Waals surface area contributed by atoms with Crippen LogP contribution in [0.3, 0.4) is 0 Å². The number of para-hydroxylation sites is 1. The molecule has 0 atom stereocenters. The third-order valence-corrected chi connectivity index (χ3v) is 5.47. The minimum absolute atomic E-state index is 0.00326. The maximum atomic E-state index is 12.7. The Morgan fingerprint density at radius 2 is 2.00 bits per heavy atom. The predicted molar refractivity (Wildman–Crippen MR) is 98.3 cm³/mol. The number of thiocarbonyl (C=S) groups is 1. The van der Waals surface area contributed by atoms with Crippen molar-refractivity contribution in [3.05, 3.63) is 34.7 Å². The largest absolute Gasteiger partial charge is 0.496 e. The monoisotopic (exact) mass is 348 g/mol. The van der Waals surface area contributed by atoms with Gasteiger partial charge in [-0.15, -0.1) is 0 Å². The second kappa shape index (κ2) is 7.47. The molecular weight excluding hydrogens is 328 g/mol. The minimum atomic E-state index is -0.00326. The molecule has 2 saturated heterocycles. The van der Waals surface area contributed by atoms with E-state index in [-0.39, 0.29) is 5.91 Å². The number of nitrogens with zero attached hydrogens (tertiary/aromatic N) is 2. The van der Waals surface area contributed by atoms with Gasteiger partial charge in [0, 0.05) is 5.56 Å². The molecule has 0 N–H and O–H groups in total. The number of ether oxygens (including phenoxy) is 1. The van der Waals surface area contributed by atoms with Gasteiger partial charge in [0.1, 0.15) is 10.1 Å². The summed E-state index contributed by atoms with van der Waals surface area (Å²) in [5.74, 6) is 0.755. The van der Waals surface area contributed by atoms with Gasteiger partial charge in [-0.25, -0.2) is 0 Å². The molecule has 0 saturated carbocycles. The van der Waals surface area contributed by atoms with E-state index in [4.69, 9.17) is 17.0 Å². The summed E-state index contributed by atoms with van der Waals surface area (Å²) >= 11 is 6.78. The topological polar surface area (TPSA) is 32.8 Å². The summed E-state index contributed by atoms with van der Waals surface area (Å²) in [5.41, 5.74) is 0.897. The van der Waals surface area contributed by atoms with E-state index in [0.29, 0.717) is 15.9 Å². The number of methoxy groups -OCH3 is 1. The third-order valence-electron chi connectivity index (χ3n) is 4.09. The fourth-order valence-corrected chi connectivity index (χ4v) is 4.08. The van der Waals surface area contributed by atoms with E-state index in [0.717, 1.165) is 24.4 Å². The van der Waals surface area contributed by atoms with Crippen molar-refractivity contribution in [1.82, 2.24) is 9.80 Å². The molecule has 4 nitrogen and oxygen atoms in total. The lowest BCUT2D eigenvalue weighted by atomic mass is 10.1. The zero-order chi connectivity index (χ0) is 16.2. The molecule has 0 aliphatic carbocycles. The van der Waals surface area contributed by atoms with E-state index in [1.165, 1.54) is 31.0 Å². The van der Waals surface area contributed by atoms with Crippen LogP contribution in [0, 0.1) is 0 Å². The molecule has 2 aliphatic rings. The average molecular weight is 348 g/mol. The van der Waals surface area contributed by atoms with Gasteiger partial charge >= 0.3 is 0 Å². The molecule has 0 aromatic heterocycles. The number of amides is 1. The van der Waals surface area contributed by atoms with E-state index in [1.54, 1.807) is 12.0 Å². The summed E-state index contributed by atoms with van der Waals surface area (Å²) in [6.45, 7) is 2.69. The maximum Gasteiger partial charge on any atom is 0.267 e. The number of thioether (sulfide) groups is 1. The summed E-state index contributed by atoms with van der Waals surface area (Å²) in [6.07, 6.45) is 5.55. The molecule has 0 unspecified atom stereocenters. The highest BCUT2D eigenvalue weighted by molar-refractivity contribution is 8.26. The standard InChI is InChI=1S/C17H20N2O2S2/c1-21-14-8-4-3-7-13(14)11-15-16(20)19(17(22)23-15)12-18-9-5-2-6-10-18/h3-4,7-8,11H,2,5-6,9-10,12H2,1H3/b15-11+. The number of rotatable bonds is 4. The Kier molecular flexibility index (Phi) is 5.35. The van der Waals surface area contributed by atoms with E-state index < -0.39 is 0 Å². The van der Waals surface area contributed by atoms with Crippen molar-refractivity contribution in [1.29, 1.82) is 0 Å². The van der Waals surface area contributed by atoms with Crippen molar-refractivity contribution in [2.45, 2.75) is 19.3 Å². The van der Waals surface area contributed by atoms with Crippen molar-refractivity contribution < 1.29 is 9.53 Å². The molecule has 2 fully saturated rings. The Bertz CT molecular complexity index is 639. The Morgan fingerprint density at radius 3 is 2.74 bits per heavy atom. The van der Waals surface area contributed by atoms with Crippen molar-refractivity contribution >= 4 is 40.3 Å². The number of hydrogen-bond acceptors (Lipinski definition) is 5. The lowest BCUT2D eigenvalue weighted by Gasteiger charge is -2.29. The summed E-state index contributed by atoms with van der Waals surface area (Å²) in [6, 6.07) is 7.68. The lowest BCUT2D eigenvalue weighted by Crippen LogP contribution is -2.42. The molecule has 0 bridgehead atoms. The van der Waals surface area contributed by atoms with Crippen molar-refractivity contribution in [3.8, 4) is 5.75 Å². The highest BCUT2D eigenvalue weighted by atomic mass is 32.2. The fraction of sp³-hybridized carbons (Fsp3) is 0.412.